The Morgan fingerprint density at radius 2 is 1.48 bits per heavy atom. The number of nitrogens with two attached hydrogens (primary N) is 4. The van der Waals surface area contributed by atoms with Gasteiger partial charge in [-0.1, -0.05) is 13.8 Å². The minimum absolute atomic E-state index is 0.0867. The van der Waals surface area contributed by atoms with Gasteiger partial charge < -0.3 is 49.1 Å². The van der Waals surface area contributed by atoms with Crippen molar-refractivity contribution in [2.45, 2.75) is 57.3 Å². The number of aliphatic carboxylic acids is 1. The first kappa shape index (κ1) is 29.5. The van der Waals surface area contributed by atoms with Crippen LogP contribution in [-0.4, -0.2) is 83.1 Å². The summed E-state index contributed by atoms with van der Waals surface area (Å²) >= 11 is 0. The van der Waals surface area contributed by atoms with Crippen molar-refractivity contribution in [2.75, 3.05) is 13.2 Å². The Morgan fingerprint density at radius 1 is 0.909 bits per heavy atom. The summed E-state index contributed by atoms with van der Waals surface area (Å²) in [6.45, 7) is 2.67. The average molecular weight is 475 g/mol. The van der Waals surface area contributed by atoms with E-state index in [2.05, 4.69) is 15.6 Å². The standard InChI is InChI=1S/C18H34N8O7/c1-8(2)13(26-14(29)9(19)4-3-5-23-18(21)22)16(31)25-11(7-27)15(30)24-10(17(32)33)6-12(20)28/h8-11,13,27H,3-7,19H2,1-2H3,(H2,20,28)(H,24,30)(H,25,31)(H,26,29)(H,32,33)(H4,21,22,23). The molecular weight excluding hydrogens is 440 g/mol. The van der Waals surface area contributed by atoms with Crippen molar-refractivity contribution in [1.29, 1.82) is 0 Å². The van der Waals surface area contributed by atoms with Gasteiger partial charge in [0.25, 0.3) is 0 Å². The van der Waals surface area contributed by atoms with E-state index < -0.39 is 72.7 Å². The number of carbonyl (C=O) groups is 5. The number of aliphatic hydroxyl groups excluding tert-OH is 1. The van der Waals surface area contributed by atoms with Crippen LogP contribution < -0.4 is 38.9 Å². The maximum absolute atomic E-state index is 12.7. The van der Waals surface area contributed by atoms with Crippen molar-refractivity contribution in [3.05, 3.63) is 0 Å². The minimum Gasteiger partial charge on any atom is -0.480 e. The molecule has 0 saturated carbocycles. The number of carboxylic acid groups (broad SMARTS) is 1. The second-order valence-corrected chi connectivity index (χ2v) is 7.60. The molecule has 0 rings (SSSR count). The number of primary amides is 1. The van der Waals surface area contributed by atoms with Gasteiger partial charge in [0.05, 0.1) is 19.1 Å². The highest BCUT2D eigenvalue weighted by atomic mass is 16.4. The topological polar surface area (TPSA) is 278 Å². The highest BCUT2D eigenvalue weighted by Crippen LogP contribution is 2.05. The highest BCUT2D eigenvalue weighted by Gasteiger charge is 2.31. The van der Waals surface area contributed by atoms with Crippen LogP contribution in [0.2, 0.25) is 0 Å². The average Bonchev–Trinajstić information content (AvgIpc) is 2.71. The van der Waals surface area contributed by atoms with Crippen LogP contribution >= 0.6 is 0 Å². The summed E-state index contributed by atoms with van der Waals surface area (Å²) in [6, 6.07) is -5.24. The number of carbonyl (C=O) groups excluding carboxylic acids is 4. The molecule has 4 atom stereocenters. The molecule has 0 heterocycles. The van der Waals surface area contributed by atoms with Crippen LogP contribution in [0.25, 0.3) is 0 Å². The summed E-state index contributed by atoms with van der Waals surface area (Å²) in [7, 11) is 0. The molecule has 33 heavy (non-hydrogen) atoms. The van der Waals surface area contributed by atoms with Crippen LogP contribution in [0.4, 0.5) is 0 Å². The second-order valence-electron chi connectivity index (χ2n) is 7.60. The molecule has 15 nitrogen and oxygen atoms in total. The molecular formula is C18H34N8O7. The normalized spacial score (nSPS) is 14.3. The molecule has 13 N–H and O–H groups in total. The van der Waals surface area contributed by atoms with E-state index in [1.807, 2.05) is 5.32 Å². The third-order valence-corrected chi connectivity index (χ3v) is 4.39. The molecule has 0 aliphatic heterocycles. The number of nitrogens with one attached hydrogen (secondary N) is 3. The van der Waals surface area contributed by atoms with Gasteiger partial charge in [0.15, 0.2) is 5.96 Å². The lowest BCUT2D eigenvalue weighted by molar-refractivity contribution is -0.144. The van der Waals surface area contributed by atoms with E-state index >= 15 is 0 Å². The van der Waals surface area contributed by atoms with Crippen molar-refractivity contribution in [3.63, 3.8) is 0 Å². The second kappa shape index (κ2) is 14.6. The van der Waals surface area contributed by atoms with Gasteiger partial charge in [0.1, 0.15) is 18.1 Å². The van der Waals surface area contributed by atoms with E-state index in [0.717, 1.165) is 0 Å². The Hall–Kier alpha value is -3.46. The number of aliphatic imine (C=N–C) groups is 1. The zero-order valence-corrected chi connectivity index (χ0v) is 18.6. The molecule has 0 radical (unpaired) electrons. The Morgan fingerprint density at radius 3 is 1.94 bits per heavy atom. The quantitative estimate of drug-likeness (QED) is 0.0622. The largest absolute Gasteiger partial charge is 0.480 e. The number of hydrogen-bond acceptors (Lipinski definition) is 8. The van der Waals surface area contributed by atoms with E-state index in [1.54, 1.807) is 13.8 Å². The molecule has 0 aliphatic carbocycles. The molecule has 4 unspecified atom stereocenters. The van der Waals surface area contributed by atoms with Crippen LogP contribution in [0.3, 0.4) is 0 Å². The molecule has 15 heteroatoms. The van der Waals surface area contributed by atoms with Crippen molar-refractivity contribution in [1.82, 2.24) is 16.0 Å². The molecule has 4 amide bonds. The first-order chi connectivity index (χ1) is 15.3. The minimum atomic E-state index is -1.64. The van der Waals surface area contributed by atoms with Gasteiger partial charge in [-0.2, -0.15) is 0 Å². The maximum Gasteiger partial charge on any atom is 0.326 e. The van der Waals surface area contributed by atoms with Crippen LogP contribution in [0.5, 0.6) is 0 Å². The van der Waals surface area contributed by atoms with E-state index in [4.69, 9.17) is 28.0 Å². The Balaban J connectivity index is 5.08. The summed E-state index contributed by atoms with van der Waals surface area (Å²) in [5.74, 6) is -5.48. The Labute approximate surface area is 190 Å². The molecule has 0 aromatic rings. The maximum atomic E-state index is 12.7. The smallest absolute Gasteiger partial charge is 0.326 e. The van der Waals surface area contributed by atoms with Crippen LogP contribution in [0.15, 0.2) is 4.99 Å². The first-order valence-electron chi connectivity index (χ1n) is 10.1. The third-order valence-electron chi connectivity index (χ3n) is 4.39. The molecule has 0 spiro atoms. The monoisotopic (exact) mass is 474 g/mol. The number of hydrogen-bond donors (Lipinski definition) is 9. The summed E-state index contributed by atoms with van der Waals surface area (Å²) in [5.41, 5.74) is 21.2. The molecule has 188 valence electrons. The van der Waals surface area contributed by atoms with Crippen molar-refractivity contribution in [3.8, 4) is 0 Å². The zero-order valence-electron chi connectivity index (χ0n) is 18.6. The number of nitrogens with zero attached hydrogens (tertiary/aromatic N) is 1. The lowest BCUT2D eigenvalue weighted by Crippen LogP contribution is -2.59. The van der Waals surface area contributed by atoms with E-state index in [9.17, 15) is 29.1 Å². The van der Waals surface area contributed by atoms with Gasteiger partial charge in [-0.25, -0.2) is 4.79 Å². The lowest BCUT2D eigenvalue weighted by Gasteiger charge is -2.26. The van der Waals surface area contributed by atoms with E-state index in [0.29, 0.717) is 6.42 Å². The number of amides is 4. The molecule has 0 aliphatic rings. The molecule has 0 aromatic carbocycles. The summed E-state index contributed by atoms with van der Waals surface area (Å²) in [5, 5.41) is 25.3. The number of carboxylic acids is 1. The van der Waals surface area contributed by atoms with Crippen LogP contribution in [0.1, 0.15) is 33.1 Å². The van der Waals surface area contributed by atoms with Gasteiger partial charge in [0.2, 0.25) is 23.6 Å². The van der Waals surface area contributed by atoms with Gasteiger partial charge in [-0.15, -0.1) is 0 Å². The number of aliphatic hydroxyl groups is 1. The Kier molecular flexibility index (Phi) is 13.0. The predicted molar refractivity (Wildman–Crippen MR) is 117 cm³/mol. The van der Waals surface area contributed by atoms with Gasteiger partial charge in [0, 0.05) is 6.54 Å². The van der Waals surface area contributed by atoms with Crippen LogP contribution in [-0.2, 0) is 24.0 Å². The molecule has 0 fully saturated rings. The van der Waals surface area contributed by atoms with Crippen molar-refractivity contribution >= 4 is 35.6 Å². The first-order valence-corrected chi connectivity index (χ1v) is 10.1. The highest BCUT2D eigenvalue weighted by molar-refractivity contribution is 5.95. The fraction of sp³-hybridized carbons (Fsp3) is 0.667. The third kappa shape index (κ3) is 11.6. The van der Waals surface area contributed by atoms with E-state index in [1.165, 1.54) is 0 Å². The fourth-order valence-corrected chi connectivity index (χ4v) is 2.57. The summed E-state index contributed by atoms with van der Waals surface area (Å²) in [4.78, 5) is 63.2. The molecule has 0 saturated heterocycles. The van der Waals surface area contributed by atoms with E-state index in [-0.39, 0.29) is 18.9 Å². The van der Waals surface area contributed by atoms with Gasteiger partial charge in [-0.05, 0) is 18.8 Å². The predicted octanol–water partition coefficient (Wildman–Crippen LogP) is -4.57. The van der Waals surface area contributed by atoms with Gasteiger partial charge >= 0.3 is 5.97 Å². The van der Waals surface area contributed by atoms with Crippen LogP contribution in [0, 0.1) is 5.92 Å². The number of guanidine groups is 1. The lowest BCUT2D eigenvalue weighted by atomic mass is 10.0. The zero-order chi connectivity index (χ0) is 25.7. The van der Waals surface area contributed by atoms with Crippen molar-refractivity contribution in [2.24, 2.45) is 33.8 Å². The van der Waals surface area contributed by atoms with Crippen molar-refractivity contribution < 1.29 is 34.2 Å². The summed E-state index contributed by atoms with van der Waals surface area (Å²) in [6.07, 6.45) is -0.0140. The summed E-state index contributed by atoms with van der Waals surface area (Å²) < 4.78 is 0. The van der Waals surface area contributed by atoms with Gasteiger partial charge in [-0.3, -0.25) is 24.2 Å². The fourth-order valence-electron chi connectivity index (χ4n) is 2.57. The Bertz CT molecular complexity index is 739. The molecule has 0 bridgehead atoms. The number of rotatable bonds is 15. The molecule has 0 aromatic heterocycles. The SMILES string of the molecule is CC(C)C(NC(=O)C(N)CCCN=C(N)N)C(=O)NC(CO)C(=O)NC(CC(N)=O)C(=O)O.